The van der Waals surface area contributed by atoms with Crippen LogP contribution in [0.2, 0.25) is 0 Å². The van der Waals surface area contributed by atoms with Gasteiger partial charge in [0.2, 0.25) is 0 Å². The van der Waals surface area contributed by atoms with Crippen molar-refractivity contribution in [3.05, 3.63) is 57.1 Å². The number of nitrogens with zero attached hydrogens (tertiary/aromatic N) is 3. The van der Waals surface area contributed by atoms with E-state index in [-0.39, 0.29) is 5.91 Å². The molecule has 0 spiro atoms. The molecule has 0 radical (unpaired) electrons. The number of nitrogens with one attached hydrogen (secondary N) is 1. The van der Waals surface area contributed by atoms with Gasteiger partial charge in [0.15, 0.2) is 5.76 Å². The average Bonchev–Trinajstić information content (AvgIpc) is 3.26. The standard InChI is InChI=1S/C15H15BrN4O2S/c16-11-8-19-20(9-11)10-12-3-4-13(22-12)15(21)18-5-1-2-14-17-6-7-23-14/h3-4,6-9H,1-2,5,10H2,(H,18,21). The summed E-state index contributed by atoms with van der Waals surface area (Å²) >= 11 is 4.97. The van der Waals surface area contributed by atoms with Crippen LogP contribution >= 0.6 is 27.3 Å². The van der Waals surface area contributed by atoms with Crippen LogP contribution < -0.4 is 5.32 Å². The maximum Gasteiger partial charge on any atom is 0.286 e. The number of furan rings is 1. The van der Waals surface area contributed by atoms with Gasteiger partial charge in [0.05, 0.1) is 22.2 Å². The van der Waals surface area contributed by atoms with Crippen LogP contribution in [0.1, 0.15) is 27.7 Å². The van der Waals surface area contributed by atoms with E-state index in [1.165, 1.54) is 0 Å². The van der Waals surface area contributed by atoms with Crippen molar-refractivity contribution in [2.75, 3.05) is 6.54 Å². The zero-order chi connectivity index (χ0) is 16.1. The molecule has 0 fully saturated rings. The third-order valence-corrected chi connectivity index (χ3v) is 4.39. The van der Waals surface area contributed by atoms with Gasteiger partial charge in [-0.05, 0) is 34.5 Å². The van der Waals surface area contributed by atoms with Crippen LogP contribution in [0.5, 0.6) is 0 Å². The van der Waals surface area contributed by atoms with Gasteiger partial charge < -0.3 is 9.73 Å². The summed E-state index contributed by atoms with van der Waals surface area (Å²) in [7, 11) is 0. The van der Waals surface area contributed by atoms with E-state index in [4.69, 9.17) is 4.42 Å². The molecule has 6 nitrogen and oxygen atoms in total. The van der Waals surface area contributed by atoms with E-state index in [0.29, 0.717) is 24.6 Å². The summed E-state index contributed by atoms with van der Waals surface area (Å²) in [6.45, 7) is 1.09. The van der Waals surface area contributed by atoms with Crippen molar-refractivity contribution in [2.24, 2.45) is 0 Å². The summed E-state index contributed by atoms with van der Waals surface area (Å²) in [5, 5.41) is 10.1. The number of amides is 1. The maximum atomic E-state index is 12.0. The predicted octanol–water partition coefficient (Wildman–Crippen LogP) is 3.11. The molecule has 0 aliphatic carbocycles. The van der Waals surface area contributed by atoms with Crippen LogP contribution in [-0.2, 0) is 13.0 Å². The second-order valence-corrected chi connectivity index (χ2v) is 6.80. The second-order valence-electron chi connectivity index (χ2n) is 4.91. The minimum atomic E-state index is -0.197. The molecule has 0 aliphatic rings. The van der Waals surface area contributed by atoms with E-state index in [2.05, 4.69) is 31.3 Å². The SMILES string of the molecule is O=C(NCCCc1nccs1)c1ccc(Cn2cc(Br)cn2)o1. The molecule has 1 amide bonds. The van der Waals surface area contributed by atoms with Gasteiger partial charge in [0, 0.05) is 30.7 Å². The number of rotatable bonds is 7. The molecule has 0 aromatic carbocycles. The summed E-state index contributed by atoms with van der Waals surface area (Å²) in [6.07, 6.45) is 7.07. The van der Waals surface area contributed by atoms with Crippen molar-refractivity contribution < 1.29 is 9.21 Å². The van der Waals surface area contributed by atoms with Gasteiger partial charge in [-0.15, -0.1) is 11.3 Å². The molecule has 3 heterocycles. The number of aryl methyl sites for hydroxylation is 1. The summed E-state index contributed by atoms with van der Waals surface area (Å²) < 4.78 is 8.20. The Morgan fingerprint density at radius 1 is 1.43 bits per heavy atom. The lowest BCUT2D eigenvalue weighted by molar-refractivity contribution is 0.0923. The molecule has 3 aromatic heterocycles. The smallest absolute Gasteiger partial charge is 0.286 e. The normalized spacial score (nSPS) is 10.8. The van der Waals surface area contributed by atoms with Crippen LogP contribution in [-0.4, -0.2) is 27.2 Å². The Labute approximate surface area is 145 Å². The molecule has 0 atom stereocenters. The lowest BCUT2D eigenvalue weighted by Gasteiger charge is -2.02. The number of halogens is 1. The van der Waals surface area contributed by atoms with Gasteiger partial charge in [0.25, 0.3) is 5.91 Å². The first-order chi connectivity index (χ1) is 11.2. The van der Waals surface area contributed by atoms with Gasteiger partial charge in [-0.1, -0.05) is 0 Å². The highest BCUT2D eigenvalue weighted by molar-refractivity contribution is 9.10. The summed E-state index contributed by atoms with van der Waals surface area (Å²) in [6, 6.07) is 3.48. The van der Waals surface area contributed by atoms with Crippen molar-refractivity contribution in [2.45, 2.75) is 19.4 Å². The van der Waals surface area contributed by atoms with Crippen molar-refractivity contribution in [1.82, 2.24) is 20.1 Å². The number of carbonyl (C=O) groups is 1. The van der Waals surface area contributed by atoms with Gasteiger partial charge in [-0.3, -0.25) is 9.48 Å². The molecule has 8 heteroatoms. The zero-order valence-corrected chi connectivity index (χ0v) is 14.6. The highest BCUT2D eigenvalue weighted by Gasteiger charge is 2.11. The van der Waals surface area contributed by atoms with E-state index >= 15 is 0 Å². The molecule has 120 valence electrons. The van der Waals surface area contributed by atoms with Crippen LogP contribution in [0.15, 0.2) is 45.0 Å². The Hall–Kier alpha value is -1.93. The molecule has 3 aromatic rings. The van der Waals surface area contributed by atoms with E-state index in [0.717, 1.165) is 22.3 Å². The Balaban J connectivity index is 1.46. The van der Waals surface area contributed by atoms with Crippen molar-refractivity contribution >= 4 is 33.2 Å². The monoisotopic (exact) mass is 394 g/mol. The summed E-state index contributed by atoms with van der Waals surface area (Å²) in [5.74, 6) is 0.811. The van der Waals surface area contributed by atoms with Crippen LogP contribution in [0, 0.1) is 0 Å². The lowest BCUT2D eigenvalue weighted by Crippen LogP contribution is -2.24. The number of hydrogen-bond acceptors (Lipinski definition) is 5. The highest BCUT2D eigenvalue weighted by Crippen LogP contribution is 2.12. The Morgan fingerprint density at radius 3 is 3.09 bits per heavy atom. The molecule has 0 aliphatic heterocycles. The first-order valence-corrected chi connectivity index (χ1v) is 8.81. The largest absolute Gasteiger partial charge is 0.454 e. The highest BCUT2D eigenvalue weighted by atomic mass is 79.9. The molecule has 0 bridgehead atoms. The minimum Gasteiger partial charge on any atom is -0.454 e. The molecule has 0 saturated carbocycles. The van der Waals surface area contributed by atoms with E-state index in [1.807, 2.05) is 11.6 Å². The number of carbonyl (C=O) groups excluding carboxylic acids is 1. The molecule has 3 rings (SSSR count). The summed E-state index contributed by atoms with van der Waals surface area (Å²) in [5.41, 5.74) is 0. The third kappa shape index (κ3) is 4.52. The first-order valence-electron chi connectivity index (χ1n) is 7.14. The van der Waals surface area contributed by atoms with Crippen LogP contribution in [0.25, 0.3) is 0 Å². The van der Waals surface area contributed by atoms with Gasteiger partial charge in [-0.2, -0.15) is 5.10 Å². The van der Waals surface area contributed by atoms with Gasteiger partial charge in [0.1, 0.15) is 5.76 Å². The van der Waals surface area contributed by atoms with E-state index < -0.39 is 0 Å². The second kappa shape index (κ2) is 7.56. The Bertz CT molecular complexity index is 766. The fourth-order valence-corrected chi connectivity index (χ4v) is 3.07. The van der Waals surface area contributed by atoms with Crippen molar-refractivity contribution in [3.63, 3.8) is 0 Å². The fourth-order valence-electron chi connectivity index (χ4n) is 2.07. The fraction of sp³-hybridized carbons (Fsp3) is 0.267. The summed E-state index contributed by atoms with van der Waals surface area (Å²) in [4.78, 5) is 16.2. The Kier molecular flexibility index (Phi) is 5.24. The number of hydrogen-bond donors (Lipinski definition) is 1. The number of thiazole rings is 1. The van der Waals surface area contributed by atoms with Crippen LogP contribution in [0.4, 0.5) is 0 Å². The maximum absolute atomic E-state index is 12.0. The van der Waals surface area contributed by atoms with Gasteiger partial charge >= 0.3 is 0 Å². The van der Waals surface area contributed by atoms with E-state index in [9.17, 15) is 4.79 Å². The molecule has 1 N–H and O–H groups in total. The quantitative estimate of drug-likeness (QED) is 0.624. The van der Waals surface area contributed by atoms with Crippen molar-refractivity contribution in [1.29, 1.82) is 0 Å². The average molecular weight is 395 g/mol. The molecular weight excluding hydrogens is 380 g/mol. The Morgan fingerprint density at radius 2 is 2.35 bits per heavy atom. The third-order valence-electron chi connectivity index (χ3n) is 3.14. The predicted molar refractivity (Wildman–Crippen MR) is 90.5 cm³/mol. The molecular formula is C15H15BrN4O2S. The minimum absolute atomic E-state index is 0.197. The topological polar surface area (TPSA) is 73.0 Å². The zero-order valence-electron chi connectivity index (χ0n) is 12.2. The first kappa shape index (κ1) is 15.9. The lowest BCUT2D eigenvalue weighted by atomic mass is 10.3. The van der Waals surface area contributed by atoms with Crippen LogP contribution in [0.3, 0.4) is 0 Å². The van der Waals surface area contributed by atoms with Gasteiger partial charge in [-0.25, -0.2) is 4.98 Å². The number of aromatic nitrogens is 3. The van der Waals surface area contributed by atoms with Crippen molar-refractivity contribution in [3.8, 4) is 0 Å². The molecule has 0 unspecified atom stereocenters. The molecule has 23 heavy (non-hydrogen) atoms. The molecule has 0 saturated heterocycles. The van der Waals surface area contributed by atoms with E-state index in [1.54, 1.807) is 40.5 Å².